The maximum Gasteiger partial charge on any atom is 0.345 e. The molecule has 3 aromatic carbocycles. The fourth-order valence-electron chi connectivity index (χ4n) is 3.65. The number of hydrogen-bond donors (Lipinski definition) is 0. The van der Waals surface area contributed by atoms with Crippen LogP contribution in [-0.4, -0.2) is 42.3 Å². The smallest absolute Gasteiger partial charge is 0.345 e. The van der Waals surface area contributed by atoms with Gasteiger partial charge >= 0.3 is 5.97 Å². The first-order valence-corrected chi connectivity index (χ1v) is 13.0. The van der Waals surface area contributed by atoms with Gasteiger partial charge in [-0.25, -0.2) is 4.79 Å². The molecule has 196 valence electrons. The van der Waals surface area contributed by atoms with Gasteiger partial charge in [0, 0.05) is 0 Å². The quantitative estimate of drug-likeness (QED) is 0.164. The predicted molar refractivity (Wildman–Crippen MR) is 149 cm³/mol. The van der Waals surface area contributed by atoms with Gasteiger partial charge in [0.25, 0.3) is 11.1 Å². The van der Waals surface area contributed by atoms with E-state index in [1.165, 1.54) is 25.3 Å². The van der Waals surface area contributed by atoms with Crippen molar-refractivity contribution in [2.24, 2.45) is 0 Å². The van der Waals surface area contributed by atoms with Crippen LogP contribution in [0.4, 0.5) is 4.79 Å². The van der Waals surface area contributed by atoms with Crippen molar-refractivity contribution in [1.82, 2.24) is 4.90 Å². The molecule has 38 heavy (non-hydrogen) atoms. The summed E-state index contributed by atoms with van der Waals surface area (Å²) < 4.78 is 16.6. The molecule has 1 heterocycles. The van der Waals surface area contributed by atoms with Crippen LogP contribution >= 0.6 is 35.0 Å². The second-order valence-corrected chi connectivity index (χ2v) is 10.2. The summed E-state index contributed by atoms with van der Waals surface area (Å²) >= 11 is 13.3. The number of carbonyl (C=O) groups is 3. The van der Waals surface area contributed by atoms with Gasteiger partial charge in [-0.05, 0) is 78.7 Å². The predicted octanol–water partition coefficient (Wildman–Crippen LogP) is 6.95. The standard InChI is InChI=1S/C28H23Cl2NO6S/c1-16-8-9-17(2)22(12-16)36-11-10-31-26(32)24(38-28(31)34)15-18-13-21(30)25(23(14-18)35-3)37-27(33)19-6-4-5-7-20(19)29/h4-9,12-15H,10-11H2,1-3H3/b24-15-. The zero-order chi connectivity index (χ0) is 27.4. The molecule has 0 saturated carbocycles. The van der Waals surface area contributed by atoms with Gasteiger partial charge in [-0.1, -0.05) is 47.5 Å². The highest BCUT2D eigenvalue weighted by atomic mass is 35.5. The van der Waals surface area contributed by atoms with Crippen molar-refractivity contribution in [2.75, 3.05) is 20.3 Å². The first-order chi connectivity index (χ1) is 18.2. The minimum absolute atomic E-state index is 0.00734. The Hall–Kier alpha value is -3.46. The second-order valence-electron chi connectivity index (χ2n) is 8.35. The summed E-state index contributed by atoms with van der Waals surface area (Å²) in [6.07, 6.45) is 1.53. The Morgan fingerprint density at radius 1 is 1.00 bits per heavy atom. The number of carbonyl (C=O) groups excluding carboxylic acids is 3. The lowest BCUT2D eigenvalue weighted by molar-refractivity contribution is -0.123. The molecule has 0 unspecified atom stereocenters. The summed E-state index contributed by atoms with van der Waals surface area (Å²) in [4.78, 5) is 39.4. The third-order valence-electron chi connectivity index (χ3n) is 5.63. The second kappa shape index (κ2) is 11.9. The number of halogens is 2. The van der Waals surface area contributed by atoms with E-state index in [1.807, 2.05) is 32.0 Å². The molecule has 1 aliphatic rings. The number of nitrogens with zero attached hydrogens (tertiary/aromatic N) is 1. The van der Waals surface area contributed by atoms with E-state index < -0.39 is 17.1 Å². The molecule has 1 saturated heterocycles. The number of amides is 2. The Bertz CT molecular complexity index is 1460. The monoisotopic (exact) mass is 571 g/mol. The first-order valence-electron chi connectivity index (χ1n) is 11.5. The molecule has 0 spiro atoms. The van der Waals surface area contributed by atoms with Gasteiger partial charge in [-0.2, -0.15) is 0 Å². The van der Waals surface area contributed by atoms with Crippen LogP contribution in [0.3, 0.4) is 0 Å². The molecule has 2 amide bonds. The summed E-state index contributed by atoms with van der Waals surface area (Å²) in [5.41, 5.74) is 2.68. The van der Waals surface area contributed by atoms with Crippen LogP contribution in [0.2, 0.25) is 10.0 Å². The lowest BCUT2D eigenvalue weighted by Gasteiger charge is -2.15. The Morgan fingerprint density at radius 3 is 2.50 bits per heavy atom. The Labute approximate surface area is 234 Å². The molecule has 7 nitrogen and oxygen atoms in total. The fourth-order valence-corrected chi connectivity index (χ4v) is 4.99. The topological polar surface area (TPSA) is 82.1 Å². The van der Waals surface area contributed by atoms with Crippen molar-refractivity contribution in [1.29, 1.82) is 0 Å². The summed E-state index contributed by atoms with van der Waals surface area (Å²) in [7, 11) is 1.39. The van der Waals surface area contributed by atoms with Crippen molar-refractivity contribution >= 4 is 58.2 Å². The van der Waals surface area contributed by atoms with Gasteiger partial charge in [0.15, 0.2) is 11.5 Å². The van der Waals surface area contributed by atoms with Crippen LogP contribution in [0.1, 0.15) is 27.0 Å². The summed E-state index contributed by atoms with van der Waals surface area (Å²) in [6.45, 7) is 4.17. The molecule has 0 radical (unpaired) electrons. The van der Waals surface area contributed by atoms with E-state index >= 15 is 0 Å². The minimum atomic E-state index is -0.701. The van der Waals surface area contributed by atoms with Crippen LogP contribution in [0.5, 0.6) is 17.2 Å². The molecule has 1 fully saturated rings. The van der Waals surface area contributed by atoms with E-state index in [4.69, 9.17) is 37.4 Å². The number of aryl methyl sites for hydroxylation is 2. The van der Waals surface area contributed by atoms with Gasteiger partial charge in [-0.15, -0.1) is 0 Å². The maximum absolute atomic E-state index is 12.9. The van der Waals surface area contributed by atoms with Crippen LogP contribution in [0, 0.1) is 13.8 Å². The van der Waals surface area contributed by atoms with E-state index in [1.54, 1.807) is 24.3 Å². The molecule has 0 N–H and O–H groups in total. The average molecular weight is 572 g/mol. The van der Waals surface area contributed by atoms with Gasteiger partial charge in [-0.3, -0.25) is 14.5 Å². The number of ether oxygens (including phenoxy) is 3. The van der Waals surface area contributed by atoms with E-state index in [0.717, 1.165) is 27.8 Å². The summed E-state index contributed by atoms with van der Waals surface area (Å²) in [5, 5.41) is -0.0781. The van der Waals surface area contributed by atoms with Crippen molar-refractivity contribution < 1.29 is 28.6 Å². The number of esters is 1. The summed E-state index contributed by atoms with van der Waals surface area (Å²) in [5.74, 6) is -0.246. The Balaban J connectivity index is 1.48. The van der Waals surface area contributed by atoms with E-state index in [-0.39, 0.29) is 45.2 Å². The van der Waals surface area contributed by atoms with Gasteiger partial charge in [0.1, 0.15) is 12.4 Å². The largest absolute Gasteiger partial charge is 0.493 e. The van der Waals surface area contributed by atoms with Crippen molar-refractivity contribution in [3.8, 4) is 17.2 Å². The number of thioether (sulfide) groups is 1. The van der Waals surface area contributed by atoms with E-state index in [9.17, 15) is 14.4 Å². The number of hydrogen-bond acceptors (Lipinski definition) is 7. The lowest BCUT2D eigenvalue weighted by atomic mass is 10.1. The zero-order valence-electron chi connectivity index (χ0n) is 20.7. The highest BCUT2D eigenvalue weighted by Crippen LogP contribution is 2.39. The fraction of sp³-hybridized carbons (Fsp3) is 0.179. The van der Waals surface area contributed by atoms with Crippen molar-refractivity contribution in [3.05, 3.63) is 91.8 Å². The highest BCUT2D eigenvalue weighted by molar-refractivity contribution is 8.18. The third-order valence-corrected chi connectivity index (χ3v) is 7.15. The molecular weight excluding hydrogens is 549 g/mol. The third kappa shape index (κ3) is 6.15. The molecule has 0 aromatic heterocycles. The SMILES string of the molecule is COc1cc(/C=C2\SC(=O)N(CCOc3cc(C)ccc3C)C2=O)cc(Cl)c1OC(=O)c1ccccc1Cl. The molecular formula is C28H23Cl2NO6S. The van der Waals surface area contributed by atoms with Crippen LogP contribution in [-0.2, 0) is 4.79 Å². The van der Waals surface area contributed by atoms with Crippen molar-refractivity contribution in [2.45, 2.75) is 13.8 Å². The van der Waals surface area contributed by atoms with Crippen LogP contribution in [0.15, 0.2) is 59.5 Å². The Morgan fingerprint density at radius 2 is 1.76 bits per heavy atom. The molecule has 4 rings (SSSR count). The summed E-state index contributed by atoms with van der Waals surface area (Å²) in [6, 6.07) is 15.4. The zero-order valence-corrected chi connectivity index (χ0v) is 23.1. The van der Waals surface area contributed by atoms with E-state index in [2.05, 4.69) is 0 Å². The van der Waals surface area contributed by atoms with Crippen LogP contribution < -0.4 is 14.2 Å². The molecule has 1 aliphatic heterocycles. The molecule has 10 heteroatoms. The van der Waals surface area contributed by atoms with Gasteiger partial charge in [0.2, 0.25) is 0 Å². The molecule has 0 bridgehead atoms. The molecule has 3 aromatic rings. The van der Waals surface area contributed by atoms with Gasteiger partial charge in [0.05, 0.1) is 34.2 Å². The average Bonchev–Trinajstić information content (AvgIpc) is 3.14. The maximum atomic E-state index is 12.9. The molecule has 0 aliphatic carbocycles. The number of benzene rings is 3. The molecule has 0 atom stereocenters. The van der Waals surface area contributed by atoms with Crippen molar-refractivity contribution in [3.63, 3.8) is 0 Å². The van der Waals surface area contributed by atoms with E-state index in [0.29, 0.717) is 11.3 Å². The van der Waals surface area contributed by atoms with Crippen LogP contribution in [0.25, 0.3) is 6.08 Å². The normalized spacial score (nSPS) is 14.2. The number of methoxy groups -OCH3 is 1. The highest BCUT2D eigenvalue weighted by Gasteiger charge is 2.35. The lowest BCUT2D eigenvalue weighted by Crippen LogP contribution is -2.32. The Kier molecular flexibility index (Phi) is 8.66. The first kappa shape index (κ1) is 27.6. The minimum Gasteiger partial charge on any atom is -0.493 e. The number of imide groups is 1. The van der Waals surface area contributed by atoms with Gasteiger partial charge < -0.3 is 14.2 Å². The number of rotatable bonds is 8.